The standard InChI is InChI=1S/C51H63F3N6O4Si/c1-11-12-14-41-43-46(44(54)45(55-41)39-24-37(61)23-33-15-18-40(53)38(42(33)39)19-22-65(30(2)3,31(4)5)32(6)7)56-48(63-29-51-20-13-21-59(51)26-34(52)25-51)57-47(43)58-27-35-16-17-36(28-58)60(35)49(62)64-50(8,9)10/h15,18,23-24,30-32,34-36,61H,11,13,16-17,20-21,25-29H2,1-10H3/t34-,35?,36?,51+/m1/s1. The second kappa shape index (κ2) is 17.6. The van der Waals surface area contributed by atoms with E-state index in [1.807, 2.05) is 37.5 Å². The third-order valence-corrected chi connectivity index (χ3v) is 20.6. The Morgan fingerprint density at radius 1 is 0.969 bits per heavy atom. The van der Waals surface area contributed by atoms with Crippen LogP contribution < -0.4 is 9.64 Å². The van der Waals surface area contributed by atoms with Crippen LogP contribution in [0.5, 0.6) is 11.8 Å². The lowest BCUT2D eigenvalue weighted by molar-refractivity contribution is 0.0122. The summed E-state index contributed by atoms with van der Waals surface area (Å²) in [5.41, 5.74) is 3.42. The van der Waals surface area contributed by atoms with Crippen molar-refractivity contribution in [1.29, 1.82) is 0 Å². The molecule has 8 rings (SSSR count). The molecule has 14 heteroatoms. The van der Waals surface area contributed by atoms with Crippen LogP contribution in [0.2, 0.25) is 16.6 Å². The molecule has 2 aromatic heterocycles. The predicted molar refractivity (Wildman–Crippen MR) is 253 cm³/mol. The first-order valence-corrected chi connectivity index (χ1v) is 25.7. The Kier molecular flexibility index (Phi) is 12.6. The number of hydrogen-bond donors (Lipinski definition) is 1. The zero-order chi connectivity index (χ0) is 46.7. The summed E-state index contributed by atoms with van der Waals surface area (Å²) in [5.74, 6) is 8.40. The van der Waals surface area contributed by atoms with E-state index in [9.17, 15) is 14.3 Å². The smallest absolute Gasteiger partial charge is 0.410 e. The summed E-state index contributed by atoms with van der Waals surface area (Å²) in [6.07, 6.45) is 2.59. The molecule has 346 valence electrons. The van der Waals surface area contributed by atoms with Crippen molar-refractivity contribution >= 4 is 41.7 Å². The van der Waals surface area contributed by atoms with Crippen LogP contribution in [0, 0.1) is 34.9 Å². The van der Waals surface area contributed by atoms with E-state index in [0.29, 0.717) is 49.1 Å². The highest BCUT2D eigenvalue weighted by Gasteiger charge is 2.50. The first kappa shape index (κ1) is 46.5. The number of amides is 1. The van der Waals surface area contributed by atoms with Gasteiger partial charge in [-0.3, -0.25) is 9.80 Å². The molecule has 4 aliphatic heterocycles. The van der Waals surface area contributed by atoms with E-state index in [1.54, 1.807) is 6.07 Å². The van der Waals surface area contributed by atoms with Crippen LogP contribution in [0.4, 0.5) is 23.8 Å². The number of anilines is 1. The second-order valence-electron chi connectivity index (χ2n) is 20.5. The number of hydrogen-bond acceptors (Lipinski definition) is 9. The second-order valence-corrected chi connectivity index (χ2v) is 26.1. The average Bonchev–Trinajstić information content (AvgIpc) is 3.85. The number of pyridine rings is 1. The van der Waals surface area contributed by atoms with E-state index >= 15 is 8.78 Å². The molecule has 0 saturated carbocycles. The molecule has 1 N–H and O–H groups in total. The largest absolute Gasteiger partial charge is 0.508 e. The molecule has 65 heavy (non-hydrogen) atoms. The van der Waals surface area contributed by atoms with Gasteiger partial charge in [-0.05, 0) is 99.1 Å². The molecule has 4 saturated heterocycles. The molecule has 0 spiro atoms. The van der Waals surface area contributed by atoms with Crippen LogP contribution in [0.25, 0.3) is 32.9 Å². The summed E-state index contributed by atoms with van der Waals surface area (Å²) >= 11 is 0. The predicted octanol–water partition coefficient (Wildman–Crippen LogP) is 10.7. The number of halogens is 3. The number of phenols is 1. The summed E-state index contributed by atoms with van der Waals surface area (Å²) in [6, 6.07) is 5.31. The van der Waals surface area contributed by atoms with Gasteiger partial charge in [0.1, 0.15) is 60.7 Å². The highest BCUT2D eigenvalue weighted by Crippen LogP contribution is 2.45. The van der Waals surface area contributed by atoms with Crippen molar-refractivity contribution in [3.63, 3.8) is 0 Å². The summed E-state index contributed by atoms with van der Waals surface area (Å²) in [7, 11) is -2.36. The number of alkyl halides is 1. The van der Waals surface area contributed by atoms with Crippen LogP contribution in [-0.2, 0) is 4.74 Å². The van der Waals surface area contributed by atoms with E-state index in [0.717, 1.165) is 32.2 Å². The zero-order valence-electron chi connectivity index (χ0n) is 39.5. The number of ether oxygens (including phenoxy) is 2. The minimum atomic E-state index is -2.36. The molecule has 1 amide bonds. The number of fused-ring (bicyclic) bond motifs is 5. The topological polar surface area (TPSA) is 104 Å². The fourth-order valence-electron chi connectivity index (χ4n) is 11.5. The monoisotopic (exact) mass is 908 g/mol. The molecular weight excluding hydrogens is 846 g/mol. The Bertz CT molecular complexity index is 2610. The van der Waals surface area contributed by atoms with Gasteiger partial charge in [0.25, 0.3) is 0 Å². The number of aromatic nitrogens is 3. The average molecular weight is 909 g/mol. The maximum absolute atomic E-state index is 18.1. The van der Waals surface area contributed by atoms with Crippen LogP contribution in [-0.4, -0.2) is 106 Å². The van der Waals surface area contributed by atoms with Gasteiger partial charge in [-0.2, -0.15) is 9.97 Å². The number of benzene rings is 2. The number of phenolic OH excluding ortho intramolecular Hbond substituents is 1. The summed E-state index contributed by atoms with van der Waals surface area (Å²) in [6.45, 7) is 22.5. The van der Waals surface area contributed by atoms with Crippen LogP contribution >= 0.6 is 0 Å². The molecule has 6 heterocycles. The third-order valence-electron chi connectivity index (χ3n) is 14.3. The molecule has 0 aliphatic carbocycles. The molecule has 2 aromatic carbocycles. The molecular formula is C51H63F3N6O4Si. The Hall–Kier alpha value is -5.05. The zero-order valence-corrected chi connectivity index (χ0v) is 40.5. The van der Waals surface area contributed by atoms with Gasteiger partial charge >= 0.3 is 12.1 Å². The molecule has 0 radical (unpaired) electrons. The minimum Gasteiger partial charge on any atom is -0.508 e. The lowest BCUT2D eigenvalue weighted by atomic mass is 9.95. The quantitative estimate of drug-likeness (QED) is 0.137. The van der Waals surface area contributed by atoms with Crippen LogP contribution in [0.15, 0.2) is 24.3 Å². The molecule has 4 aromatic rings. The Balaban J connectivity index is 1.34. The number of aromatic hydroxyl groups is 1. The minimum absolute atomic E-state index is 0.0841. The molecule has 10 nitrogen and oxygen atoms in total. The summed E-state index contributed by atoms with van der Waals surface area (Å²) < 4.78 is 61.6. The van der Waals surface area contributed by atoms with Gasteiger partial charge in [0.05, 0.1) is 28.6 Å². The van der Waals surface area contributed by atoms with Crippen molar-refractivity contribution < 1.29 is 32.5 Å². The molecule has 4 atom stereocenters. The van der Waals surface area contributed by atoms with E-state index in [-0.39, 0.29) is 86.6 Å². The van der Waals surface area contributed by atoms with Crippen molar-refractivity contribution in [2.75, 3.05) is 37.7 Å². The maximum atomic E-state index is 18.1. The van der Waals surface area contributed by atoms with Crippen molar-refractivity contribution in [1.82, 2.24) is 24.8 Å². The number of piperazine rings is 1. The number of carbonyl (C=O) groups is 1. The van der Waals surface area contributed by atoms with Gasteiger partial charge in [0.2, 0.25) is 0 Å². The van der Waals surface area contributed by atoms with E-state index in [1.165, 1.54) is 18.2 Å². The lowest BCUT2D eigenvalue weighted by Gasteiger charge is -2.42. The maximum Gasteiger partial charge on any atom is 0.410 e. The van der Waals surface area contributed by atoms with Gasteiger partial charge < -0.3 is 19.5 Å². The van der Waals surface area contributed by atoms with Gasteiger partial charge in [-0.1, -0.05) is 66.4 Å². The molecule has 4 fully saturated rings. The highest BCUT2D eigenvalue weighted by atomic mass is 28.3. The number of rotatable bonds is 8. The summed E-state index contributed by atoms with van der Waals surface area (Å²) in [4.78, 5) is 34.2. The SMILES string of the molecule is CCC#Cc1nc(-c2cc(O)cc3ccc(F)c(C#C[Si](C(C)C)(C(C)C)C(C)C)c23)c(F)c2nc(OC[C@@]34CCCN3C[C@H](F)C4)nc(N3CC4CCC(C3)N4C(=O)OC(C)(C)C)c12. The van der Waals surface area contributed by atoms with E-state index in [2.05, 4.69) is 69.7 Å². The molecule has 2 bridgehead atoms. The third kappa shape index (κ3) is 8.50. The van der Waals surface area contributed by atoms with E-state index < -0.39 is 37.0 Å². The molecule has 4 aliphatic rings. The Morgan fingerprint density at radius 3 is 2.31 bits per heavy atom. The summed E-state index contributed by atoms with van der Waals surface area (Å²) in [5, 5.41) is 12.3. The van der Waals surface area contributed by atoms with Crippen LogP contribution in [0.1, 0.15) is 119 Å². The van der Waals surface area contributed by atoms with Crippen molar-refractivity contribution in [2.24, 2.45) is 0 Å². The van der Waals surface area contributed by atoms with Gasteiger partial charge in [0, 0.05) is 43.4 Å². The van der Waals surface area contributed by atoms with Crippen molar-refractivity contribution in [2.45, 2.75) is 154 Å². The van der Waals surface area contributed by atoms with Crippen LogP contribution in [0.3, 0.4) is 0 Å². The Morgan fingerprint density at radius 2 is 1.66 bits per heavy atom. The normalized spacial score (nSPS) is 22.2. The lowest BCUT2D eigenvalue weighted by Crippen LogP contribution is -2.57. The molecule has 2 unspecified atom stereocenters. The first-order valence-electron chi connectivity index (χ1n) is 23.4. The fraction of sp³-hybridized carbons (Fsp3) is 0.569. The van der Waals surface area contributed by atoms with Gasteiger partial charge in [-0.15, -0.1) is 5.54 Å². The fourth-order valence-corrected chi connectivity index (χ4v) is 16.8. The van der Waals surface area contributed by atoms with Gasteiger partial charge in [-0.25, -0.2) is 22.9 Å². The Labute approximate surface area is 382 Å². The first-order chi connectivity index (χ1) is 30.8. The number of carbonyl (C=O) groups excluding carboxylic acids is 1. The van der Waals surface area contributed by atoms with Gasteiger partial charge in [0.15, 0.2) is 5.82 Å². The van der Waals surface area contributed by atoms with Crippen molar-refractivity contribution in [3.05, 3.63) is 47.2 Å². The highest BCUT2D eigenvalue weighted by molar-refractivity contribution is 6.90. The number of nitrogens with zero attached hydrogens (tertiary/aromatic N) is 6. The van der Waals surface area contributed by atoms with E-state index in [4.69, 9.17) is 24.4 Å². The van der Waals surface area contributed by atoms with Crippen molar-refractivity contribution in [3.8, 4) is 46.3 Å².